The number of carbonyl (C=O) groups excluding carboxylic acids is 1. The average Bonchev–Trinajstić information content (AvgIpc) is 3.14. The van der Waals surface area contributed by atoms with E-state index in [0.29, 0.717) is 36.1 Å². The van der Waals surface area contributed by atoms with Crippen LogP contribution < -0.4 is 5.32 Å². The van der Waals surface area contributed by atoms with Crippen molar-refractivity contribution in [3.05, 3.63) is 46.8 Å². The number of allylic oxidation sites excluding steroid dienone is 1. The molecule has 1 aliphatic heterocycles. The van der Waals surface area contributed by atoms with Gasteiger partial charge < -0.3 is 5.32 Å². The molecule has 0 aliphatic carbocycles. The first-order valence-corrected chi connectivity index (χ1v) is 12.5. The van der Waals surface area contributed by atoms with Crippen LogP contribution in [0.15, 0.2) is 41.8 Å². The smallest absolute Gasteiger partial charge is 0.226 e. The Kier molecular flexibility index (Phi) is 7.10. The number of aromatic nitrogens is 1. The zero-order valence-corrected chi connectivity index (χ0v) is 18.6. The molecule has 29 heavy (non-hydrogen) atoms. The third-order valence-electron chi connectivity index (χ3n) is 5.07. The van der Waals surface area contributed by atoms with Crippen molar-refractivity contribution in [1.29, 1.82) is 0 Å². The van der Waals surface area contributed by atoms with Gasteiger partial charge in [0.15, 0.2) is 5.13 Å². The second kappa shape index (κ2) is 9.38. The number of piperidine rings is 1. The highest BCUT2D eigenvalue weighted by Crippen LogP contribution is 2.31. The van der Waals surface area contributed by atoms with Gasteiger partial charge in [0.2, 0.25) is 15.9 Å². The van der Waals surface area contributed by atoms with Crippen LogP contribution in [0.25, 0.3) is 11.3 Å². The lowest BCUT2D eigenvalue weighted by molar-refractivity contribution is -0.116. The molecular formula is C20H24ClN3O3S2. The molecule has 1 saturated heterocycles. The van der Waals surface area contributed by atoms with Crippen LogP contribution in [0.1, 0.15) is 25.7 Å². The van der Waals surface area contributed by atoms with Gasteiger partial charge in [0, 0.05) is 35.5 Å². The Balaban J connectivity index is 1.47. The molecule has 1 amide bonds. The first kappa shape index (κ1) is 22.0. The van der Waals surface area contributed by atoms with Crippen molar-refractivity contribution in [2.75, 3.05) is 24.7 Å². The van der Waals surface area contributed by atoms with E-state index in [1.54, 1.807) is 6.07 Å². The van der Waals surface area contributed by atoms with E-state index in [0.717, 1.165) is 29.7 Å². The molecule has 2 heterocycles. The molecule has 1 aliphatic rings. The van der Waals surface area contributed by atoms with Crippen molar-refractivity contribution in [2.45, 2.75) is 25.7 Å². The highest BCUT2D eigenvalue weighted by molar-refractivity contribution is 7.88. The molecule has 9 heteroatoms. The van der Waals surface area contributed by atoms with E-state index in [1.165, 1.54) is 21.9 Å². The number of anilines is 1. The summed E-state index contributed by atoms with van der Waals surface area (Å²) in [4.78, 5) is 16.7. The number of halogens is 1. The molecule has 0 radical (unpaired) electrons. The van der Waals surface area contributed by atoms with Crippen molar-refractivity contribution in [3.8, 4) is 11.3 Å². The number of benzene rings is 1. The van der Waals surface area contributed by atoms with E-state index in [9.17, 15) is 13.2 Å². The molecule has 1 aromatic carbocycles. The predicted octanol–water partition coefficient (Wildman–Crippen LogP) is 4.41. The summed E-state index contributed by atoms with van der Waals surface area (Å²) in [6.07, 6.45) is 3.65. The van der Waals surface area contributed by atoms with Gasteiger partial charge in [0.1, 0.15) is 0 Å². The normalized spacial score (nSPS) is 15.9. The summed E-state index contributed by atoms with van der Waals surface area (Å²) < 4.78 is 24.7. The maximum atomic E-state index is 12.3. The highest BCUT2D eigenvalue weighted by atomic mass is 35.5. The topological polar surface area (TPSA) is 79.4 Å². The molecule has 6 nitrogen and oxygen atoms in total. The largest absolute Gasteiger partial charge is 0.302 e. The lowest BCUT2D eigenvalue weighted by atomic mass is 9.88. The van der Waals surface area contributed by atoms with E-state index < -0.39 is 10.0 Å². The van der Waals surface area contributed by atoms with Crippen LogP contribution in [-0.4, -0.2) is 43.0 Å². The molecule has 0 bridgehead atoms. The van der Waals surface area contributed by atoms with Gasteiger partial charge in [-0.05, 0) is 31.2 Å². The third-order valence-corrected chi connectivity index (χ3v) is 7.46. The predicted molar refractivity (Wildman–Crippen MR) is 119 cm³/mol. The number of thiazole rings is 1. The first-order valence-electron chi connectivity index (χ1n) is 9.37. The van der Waals surface area contributed by atoms with Crippen LogP contribution in [0.2, 0.25) is 5.02 Å². The fraction of sp³-hybridized carbons (Fsp3) is 0.400. The first-order chi connectivity index (χ1) is 13.7. The number of hydrogen-bond acceptors (Lipinski definition) is 5. The lowest BCUT2D eigenvalue weighted by Crippen LogP contribution is -2.38. The number of sulfonamides is 1. The Morgan fingerprint density at radius 1 is 1.31 bits per heavy atom. The van der Waals surface area contributed by atoms with Crippen LogP contribution in [0.4, 0.5) is 5.13 Å². The van der Waals surface area contributed by atoms with Crippen LogP contribution in [0.3, 0.4) is 0 Å². The van der Waals surface area contributed by atoms with Gasteiger partial charge in [0.25, 0.3) is 0 Å². The third kappa shape index (κ3) is 5.88. The standard InChI is InChI=1S/C20H24ClN3O3S2/c1-14(15-9-11-24(12-10-15)29(2,26)27)7-8-19(25)23-20-22-18(13-28-20)16-5-3-4-6-17(16)21/h3-6,13,15H,1,7-12H2,2H3,(H,22,23,25). The van der Waals surface area contributed by atoms with Gasteiger partial charge in [-0.15, -0.1) is 11.3 Å². The number of rotatable bonds is 7. The Hall–Kier alpha value is -1.74. The van der Waals surface area contributed by atoms with Crippen LogP contribution in [0.5, 0.6) is 0 Å². The van der Waals surface area contributed by atoms with Crippen molar-refractivity contribution in [3.63, 3.8) is 0 Å². The molecule has 156 valence electrons. The van der Waals surface area contributed by atoms with Crippen molar-refractivity contribution >= 4 is 44.0 Å². The second-order valence-electron chi connectivity index (χ2n) is 7.16. The van der Waals surface area contributed by atoms with E-state index in [-0.39, 0.29) is 11.8 Å². The van der Waals surface area contributed by atoms with Gasteiger partial charge in [-0.3, -0.25) is 4.79 Å². The Labute approximate surface area is 180 Å². The van der Waals surface area contributed by atoms with E-state index in [4.69, 9.17) is 11.6 Å². The van der Waals surface area contributed by atoms with Crippen LogP contribution in [-0.2, 0) is 14.8 Å². The number of hydrogen-bond donors (Lipinski definition) is 1. The van der Waals surface area contributed by atoms with Gasteiger partial charge in [0.05, 0.1) is 11.9 Å². The fourth-order valence-corrected chi connectivity index (χ4v) is 5.21. The monoisotopic (exact) mass is 453 g/mol. The van der Waals surface area contributed by atoms with Crippen LogP contribution >= 0.6 is 22.9 Å². The quantitative estimate of drug-likeness (QED) is 0.629. The SMILES string of the molecule is C=C(CCC(=O)Nc1nc(-c2ccccc2Cl)cs1)C1CCN(S(C)(=O)=O)CC1. The lowest BCUT2D eigenvalue weighted by Gasteiger charge is -2.31. The molecule has 1 aromatic heterocycles. The summed E-state index contributed by atoms with van der Waals surface area (Å²) in [6, 6.07) is 7.45. The van der Waals surface area contributed by atoms with Gasteiger partial charge in [-0.2, -0.15) is 0 Å². The highest BCUT2D eigenvalue weighted by Gasteiger charge is 2.26. The summed E-state index contributed by atoms with van der Waals surface area (Å²) in [5.41, 5.74) is 2.57. The summed E-state index contributed by atoms with van der Waals surface area (Å²) in [7, 11) is -3.13. The molecule has 0 saturated carbocycles. The summed E-state index contributed by atoms with van der Waals surface area (Å²) in [6.45, 7) is 5.15. The average molecular weight is 454 g/mol. The molecule has 3 rings (SSSR count). The zero-order valence-electron chi connectivity index (χ0n) is 16.2. The summed E-state index contributed by atoms with van der Waals surface area (Å²) in [5, 5.41) is 5.86. The second-order valence-corrected chi connectivity index (χ2v) is 10.4. The summed E-state index contributed by atoms with van der Waals surface area (Å²) in [5.74, 6) is 0.146. The Bertz CT molecular complexity index is 996. The maximum absolute atomic E-state index is 12.3. The minimum atomic E-state index is -3.13. The molecule has 0 spiro atoms. The van der Waals surface area contributed by atoms with Crippen molar-refractivity contribution in [1.82, 2.24) is 9.29 Å². The van der Waals surface area contributed by atoms with Crippen molar-refractivity contribution < 1.29 is 13.2 Å². The Morgan fingerprint density at radius 3 is 2.66 bits per heavy atom. The van der Waals surface area contributed by atoms with Crippen LogP contribution in [0, 0.1) is 5.92 Å². The minimum Gasteiger partial charge on any atom is -0.302 e. The van der Waals surface area contributed by atoms with Gasteiger partial charge in [-0.25, -0.2) is 17.7 Å². The number of nitrogens with one attached hydrogen (secondary N) is 1. The van der Waals surface area contributed by atoms with E-state index in [2.05, 4.69) is 16.9 Å². The van der Waals surface area contributed by atoms with Crippen molar-refractivity contribution in [2.24, 2.45) is 5.92 Å². The molecule has 0 atom stereocenters. The summed E-state index contributed by atoms with van der Waals surface area (Å²) >= 11 is 7.56. The minimum absolute atomic E-state index is 0.111. The number of carbonyl (C=O) groups is 1. The molecule has 1 fully saturated rings. The molecule has 2 aromatic rings. The van der Waals surface area contributed by atoms with Gasteiger partial charge in [-0.1, -0.05) is 42.0 Å². The maximum Gasteiger partial charge on any atom is 0.226 e. The zero-order chi connectivity index (χ0) is 21.0. The number of amides is 1. The molecular weight excluding hydrogens is 430 g/mol. The molecule has 1 N–H and O–H groups in total. The number of nitrogens with zero attached hydrogens (tertiary/aromatic N) is 2. The Morgan fingerprint density at radius 2 is 2.00 bits per heavy atom. The molecule has 0 unspecified atom stereocenters. The van der Waals surface area contributed by atoms with Gasteiger partial charge >= 0.3 is 0 Å². The van der Waals surface area contributed by atoms with E-state index >= 15 is 0 Å². The van der Waals surface area contributed by atoms with E-state index in [1.807, 2.05) is 23.6 Å². The fourth-order valence-electron chi connectivity index (χ4n) is 3.38.